The van der Waals surface area contributed by atoms with Gasteiger partial charge in [0.2, 0.25) is 0 Å². The highest BCUT2D eigenvalue weighted by atomic mass is 16.6. The lowest BCUT2D eigenvalue weighted by atomic mass is 10.1. The van der Waals surface area contributed by atoms with Gasteiger partial charge in [-0.3, -0.25) is 29.8 Å². The highest BCUT2D eigenvalue weighted by Gasteiger charge is 2.34. The molecule has 4 rings (SSSR count). The van der Waals surface area contributed by atoms with Crippen molar-refractivity contribution in [2.24, 2.45) is 0 Å². The summed E-state index contributed by atoms with van der Waals surface area (Å²) in [7, 11) is 0. The number of rotatable bonds is 9. The fourth-order valence-corrected chi connectivity index (χ4v) is 4.36. The van der Waals surface area contributed by atoms with Gasteiger partial charge in [-0.1, -0.05) is 0 Å². The average Bonchev–Trinajstić information content (AvgIpc) is 3.28. The van der Waals surface area contributed by atoms with Crippen molar-refractivity contribution in [2.75, 3.05) is 57.3 Å². The fraction of sp³-hybridized carbons (Fsp3) is 0.423. The first-order valence-electron chi connectivity index (χ1n) is 12.4. The molecule has 2 aliphatic rings. The average molecular weight is 509 g/mol. The van der Waals surface area contributed by atoms with E-state index in [0.717, 1.165) is 26.2 Å². The quantitative estimate of drug-likeness (QED) is 0.298. The van der Waals surface area contributed by atoms with Crippen molar-refractivity contribution in [1.82, 2.24) is 20.1 Å². The first-order chi connectivity index (χ1) is 17.9. The molecule has 2 saturated heterocycles. The molecular formula is C26H32N6O5. The molecule has 0 saturated carbocycles. The number of nitrogens with zero attached hydrogens (tertiary/aromatic N) is 4. The molecule has 196 valence electrons. The van der Waals surface area contributed by atoms with Crippen LogP contribution in [0.1, 0.15) is 29.3 Å². The zero-order valence-corrected chi connectivity index (χ0v) is 20.9. The van der Waals surface area contributed by atoms with Gasteiger partial charge in [0.05, 0.1) is 25.1 Å². The topological polar surface area (TPSA) is 128 Å². The van der Waals surface area contributed by atoms with Gasteiger partial charge in [0, 0.05) is 62.9 Å². The van der Waals surface area contributed by atoms with Gasteiger partial charge in [-0.15, -0.1) is 0 Å². The predicted molar refractivity (Wildman–Crippen MR) is 137 cm³/mol. The lowest BCUT2D eigenvalue weighted by Crippen LogP contribution is -2.49. The molecule has 2 fully saturated rings. The third-order valence-corrected chi connectivity index (χ3v) is 6.37. The van der Waals surface area contributed by atoms with Crippen molar-refractivity contribution in [3.63, 3.8) is 0 Å². The maximum Gasteiger partial charge on any atom is 0.414 e. The van der Waals surface area contributed by atoms with Crippen molar-refractivity contribution in [3.8, 4) is 0 Å². The third kappa shape index (κ3) is 7.11. The van der Waals surface area contributed by atoms with E-state index in [1.807, 2.05) is 6.92 Å². The summed E-state index contributed by atoms with van der Waals surface area (Å²) >= 11 is 0. The molecule has 11 heteroatoms. The summed E-state index contributed by atoms with van der Waals surface area (Å²) in [6.45, 7) is 7.40. The normalized spacial score (nSPS) is 18.4. The monoisotopic (exact) mass is 508 g/mol. The minimum atomic E-state index is -0.409. The molecule has 1 atom stereocenters. The molecule has 3 heterocycles. The molecule has 1 unspecified atom stereocenters. The second-order valence-corrected chi connectivity index (χ2v) is 8.93. The molecule has 0 bridgehead atoms. The fourth-order valence-electron chi connectivity index (χ4n) is 4.36. The Morgan fingerprint density at radius 3 is 2.51 bits per heavy atom. The van der Waals surface area contributed by atoms with Crippen LogP contribution in [-0.4, -0.2) is 97.1 Å². The second-order valence-electron chi connectivity index (χ2n) is 8.93. The minimum Gasteiger partial charge on any atom is -0.466 e. The maximum atomic E-state index is 12.5. The molecule has 0 spiro atoms. The number of benzene rings is 1. The van der Waals surface area contributed by atoms with Crippen LogP contribution in [0.25, 0.3) is 0 Å². The smallest absolute Gasteiger partial charge is 0.414 e. The number of anilines is 1. The Hall–Kier alpha value is -3.83. The Bertz CT molecular complexity index is 1100. The first kappa shape index (κ1) is 26.2. The number of esters is 1. The van der Waals surface area contributed by atoms with Crippen LogP contribution in [0.5, 0.6) is 0 Å². The lowest BCUT2D eigenvalue weighted by molar-refractivity contribution is -0.143. The van der Waals surface area contributed by atoms with Gasteiger partial charge >= 0.3 is 12.1 Å². The number of hydrogen-bond donors (Lipinski definition) is 2. The Morgan fingerprint density at radius 1 is 1.11 bits per heavy atom. The largest absolute Gasteiger partial charge is 0.466 e. The van der Waals surface area contributed by atoms with E-state index >= 15 is 0 Å². The zero-order valence-electron chi connectivity index (χ0n) is 20.9. The van der Waals surface area contributed by atoms with Gasteiger partial charge in [-0.05, 0) is 43.3 Å². The second kappa shape index (κ2) is 12.4. The van der Waals surface area contributed by atoms with Crippen molar-refractivity contribution < 1.29 is 23.9 Å². The van der Waals surface area contributed by atoms with Gasteiger partial charge in [0.15, 0.2) is 0 Å². The summed E-state index contributed by atoms with van der Waals surface area (Å²) in [6, 6.07) is 10.2. The Kier molecular flexibility index (Phi) is 8.81. The summed E-state index contributed by atoms with van der Waals surface area (Å²) in [5.41, 5.74) is 1.56. The van der Waals surface area contributed by atoms with Crippen molar-refractivity contribution in [3.05, 3.63) is 59.9 Å². The van der Waals surface area contributed by atoms with E-state index in [1.54, 1.807) is 47.5 Å². The van der Waals surface area contributed by atoms with E-state index in [2.05, 4.69) is 20.1 Å². The van der Waals surface area contributed by atoms with Crippen LogP contribution in [0, 0.1) is 5.41 Å². The van der Waals surface area contributed by atoms with E-state index in [0.29, 0.717) is 49.5 Å². The standard InChI is InChI=1S/C26H32N6O5/c1-2-36-23(33)9-11-30-12-14-31(15-13-30)17-22-18-32(26(35)37-22)21-7-5-19(6-8-21)24(27)29-25(34)20-4-3-10-28-16-20/h3-8,10,16,22H,2,9,11-15,17-18H2,1H3,(H2,27,29,34). The molecule has 1 aromatic heterocycles. The molecule has 11 nitrogen and oxygen atoms in total. The van der Waals surface area contributed by atoms with Gasteiger partial charge in [-0.2, -0.15) is 0 Å². The van der Waals surface area contributed by atoms with E-state index < -0.39 is 12.0 Å². The van der Waals surface area contributed by atoms with Crippen molar-refractivity contribution in [1.29, 1.82) is 5.41 Å². The van der Waals surface area contributed by atoms with Crippen LogP contribution in [0.2, 0.25) is 0 Å². The Balaban J connectivity index is 1.23. The van der Waals surface area contributed by atoms with Crippen LogP contribution in [0.15, 0.2) is 48.8 Å². The SMILES string of the molecule is CCOC(=O)CCN1CCN(CC2CN(c3ccc(C(=N)NC(=O)c4cccnc4)cc3)C(=O)O2)CC1. The summed E-state index contributed by atoms with van der Waals surface area (Å²) in [6.07, 6.45) is 2.78. The number of pyridine rings is 1. The highest BCUT2D eigenvalue weighted by molar-refractivity contribution is 6.11. The number of cyclic esters (lactones) is 1. The van der Waals surface area contributed by atoms with Crippen LogP contribution < -0.4 is 10.2 Å². The number of amides is 2. The summed E-state index contributed by atoms with van der Waals surface area (Å²) in [5.74, 6) is -0.612. The number of ether oxygens (including phenoxy) is 2. The van der Waals surface area contributed by atoms with E-state index in [9.17, 15) is 14.4 Å². The van der Waals surface area contributed by atoms with Gasteiger partial charge in [0.1, 0.15) is 11.9 Å². The Morgan fingerprint density at radius 2 is 1.84 bits per heavy atom. The molecule has 1 aromatic carbocycles. The molecule has 0 radical (unpaired) electrons. The maximum absolute atomic E-state index is 12.5. The molecule has 2 N–H and O–H groups in total. The highest BCUT2D eigenvalue weighted by Crippen LogP contribution is 2.23. The number of carbonyl (C=O) groups is 3. The van der Waals surface area contributed by atoms with E-state index in [1.165, 1.54) is 6.20 Å². The third-order valence-electron chi connectivity index (χ3n) is 6.37. The number of piperazine rings is 1. The van der Waals surface area contributed by atoms with Crippen LogP contribution in [0.4, 0.5) is 10.5 Å². The lowest BCUT2D eigenvalue weighted by Gasteiger charge is -2.35. The van der Waals surface area contributed by atoms with Crippen molar-refractivity contribution >= 4 is 29.5 Å². The van der Waals surface area contributed by atoms with Gasteiger partial charge in [-0.25, -0.2) is 4.79 Å². The van der Waals surface area contributed by atoms with Crippen LogP contribution in [-0.2, 0) is 14.3 Å². The van der Waals surface area contributed by atoms with Gasteiger partial charge < -0.3 is 19.7 Å². The number of aromatic nitrogens is 1. The van der Waals surface area contributed by atoms with E-state index in [4.69, 9.17) is 14.9 Å². The predicted octanol–water partition coefficient (Wildman–Crippen LogP) is 1.73. The van der Waals surface area contributed by atoms with Crippen LogP contribution in [0.3, 0.4) is 0 Å². The summed E-state index contributed by atoms with van der Waals surface area (Å²) in [4.78, 5) is 46.4. The number of hydrogen-bond acceptors (Lipinski definition) is 9. The number of carbonyl (C=O) groups excluding carboxylic acids is 3. The van der Waals surface area contributed by atoms with Gasteiger partial charge in [0.25, 0.3) is 5.91 Å². The van der Waals surface area contributed by atoms with Crippen molar-refractivity contribution in [2.45, 2.75) is 19.4 Å². The molecule has 37 heavy (non-hydrogen) atoms. The molecular weight excluding hydrogens is 476 g/mol. The molecule has 0 aliphatic carbocycles. The number of nitrogens with one attached hydrogen (secondary N) is 2. The first-order valence-corrected chi connectivity index (χ1v) is 12.4. The van der Waals surface area contributed by atoms with Crippen LogP contribution >= 0.6 is 0 Å². The Labute approximate surface area is 215 Å². The zero-order chi connectivity index (χ0) is 26.2. The molecule has 2 amide bonds. The minimum absolute atomic E-state index is 0.0383. The summed E-state index contributed by atoms with van der Waals surface area (Å²) in [5, 5.41) is 10.7. The van der Waals surface area contributed by atoms with E-state index in [-0.39, 0.29) is 17.9 Å². The summed E-state index contributed by atoms with van der Waals surface area (Å²) < 4.78 is 10.6. The molecule has 2 aliphatic heterocycles. The number of amidine groups is 1. The molecule has 2 aromatic rings.